The summed E-state index contributed by atoms with van der Waals surface area (Å²) in [7, 11) is 1.25. The Morgan fingerprint density at radius 2 is 0.800 bits per heavy atom. The molecule has 0 aliphatic rings. The third-order valence-electron chi connectivity index (χ3n) is 14.2. The number of hydrogen-bond acceptors (Lipinski definition) is 6. The van der Waals surface area contributed by atoms with E-state index in [0.717, 1.165) is 38.5 Å². The normalized spacial score (nSPS) is 14.0. The highest BCUT2D eigenvalue weighted by Gasteiger charge is 2.23. The molecule has 0 aliphatic heterocycles. The molecule has 9 heteroatoms. The second-order valence-electron chi connectivity index (χ2n) is 22.4. The Morgan fingerprint density at radius 1 is 0.486 bits per heavy atom. The lowest BCUT2D eigenvalue weighted by atomic mass is 10.0. The van der Waals surface area contributed by atoms with Crippen LogP contribution < -0.4 is 10.2 Å². The number of allylic oxidation sites excluding steroid dienone is 3. The van der Waals surface area contributed by atoms with Gasteiger partial charge < -0.3 is 28.8 Å². The molecule has 0 saturated heterocycles. The van der Waals surface area contributed by atoms with Gasteiger partial charge in [0.15, 0.2) is 0 Å². The van der Waals surface area contributed by atoms with Gasteiger partial charge in [0.25, 0.3) is 7.82 Å². The fourth-order valence-electron chi connectivity index (χ4n) is 9.34. The summed E-state index contributed by atoms with van der Waals surface area (Å²) in [6, 6.07) is -0.897. The summed E-state index contributed by atoms with van der Waals surface area (Å²) in [5, 5.41) is 13.7. The molecule has 0 aromatic rings. The maximum atomic E-state index is 12.9. The molecule has 0 fully saturated rings. The summed E-state index contributed by atoms with van der Waals surface area (Å²) in [6.07, 6.45) is 67.7. The Labute approximate surface area is 436 Å². The molecule has 2 N–H and O–H groups in total. The Morgan fingerprint density at radius 3 is 1.14 bits per heavy atom. The van der Waals surface area contributed by atoms with Crippen LogP contribution in [0.3, 0.4) is 0 Å². The van der Waals surface area contributed by atoms with Crippen LogP contribution >= 0.6 is 7.82 Å². The summed E-state index contributed by atoms with van der Waals surface area (Å²) < 4.78 is 23.2. The van der Waals surface area contributed by atoms with E-state index in [1.807, 2.05) is 27.2 Å². The van der Waals surface area contributed by atoms with Crippen molar-refractivity contribution in [1.29, 1.82) is 0 Å². The number of hydrogen-bond donors (Lipinski definition) is 2. The van der Waals surface area contributed by atoms with E-state index in [4.69, 9.17) is 9.05 Å². The van der Waals surface area contributed by atoms with E-state index in [1.165, 1.54) is 250 Å². The van der Waals surface area contributed by atoms with Crippen LogP contribution in [0.25, 0.3) is 0 Å². The quantitative estimate of drug-likeness (QED) is 0.0272. The number of nitrogens with one attached hydrogen (secondary N) is 1. The number of phosphoric ester groups is 1. The second kappa shape index (κ2) is 52.8. The molecule has 8 nitrogen and oxygen atoms in total. The lowest BCUT2D eigenvalue weighted by Gasteiger charge is -2.29. The highest BCUT2D eigenvalue weighted by molar-refractivity contribution is 7.45. The number of rotatable bonds is 57. The van der Waals surface area contributed by atoms with Crippen LogP contribution in [0, 0.1) is 0 Å². The maximum Gasteiger partial charge on any atom is 0.268 e. The first-order chi connectivity index (χ1) is 34.0. The molecule has 0 aromatic heterocycles. The number of unbranched alkanes of at least 4 members (excludes halogenated alkanes) is 42. The van der Waals surface area contributed by atoms with Crippen LogP contribution in [-0.4, -0.2) is 68.5 Å². The summed E-state index contributed by atoms with van der Waals surface area (Å²) in [4.78, 5) is 25.3. The molecule has 0 spiro atoms. The summed E-state index contributed by atoms with van der Waals surface area (Å²) >= 11 is 0. The van der Waals surface area contributed by atoms with Crippen LogP contribution in [-0.2, 0) is 18.4 Å². The minimum absolute atomic E-state index is 0.00463. The van der Waals surface area contributed by atoms with Crippen molar-refractivity contribution in [2.45, 2.75) is 321 Å². The average Bonchev–Trinajstić information content (AvgIpc) is 3.32. The SMILES string of the molecule is CCCC/C=C/CC/C=C/C(O)C(COP(=O)([O-])OCC[N+](C)(C)C)NC(=O)CCCCCCCCCCCCCCCCCCCCCCCCCCCCCCCCCCCCCCCCCC. The van der Waals surface area contributed by atoms with Crippen molar-refractivity contribution >= 4 is 13.7 Å². The monoisotopic (exact) mass is 1010 g/mol. The highest BCUT2D eigenvalue weighted by atomic mass is 31.2. The minimum atomic E-state index is -4.59. The minimum Gasteiger partial charge on any atom is -0.756 e. The molecular formula is C61H121N2O6P. The van der Waals surface area contributed by atoms with Gasteiger partial charge in [-0.15, -0.1) is 0 Å². The summed E-state index contributed by atoms with van der Waals surface area (Å²) in [5.74, 6) is -0.205. The molecule has 416 valence electrons. The van der Waals surface area contributed by atoms with E-state index < -0.39 is 20.0 Å². The van der Waals surface area contributed by atoms with E-state index in [1.54, 1.807) is 6.08 Å². The third-order valence-corrected chi connectivity index (χ3v) is 15.1. The third kappa shape index (κ3) is 54.7. The molecule has 0 saturated carbocycles. The number of nitrogens with zero attached hydrogens (tertiary/aromatic N) is 1. The Balaban J connectivity index is 3.71. The number of amides is 1. The Bertz CT molecular complexity index is 1190. The van der Waals surface area contributed by atoms with Gasteiger partial charge in [0, 0.05) is 6.42 Å². The predicted octanol–water partition coefficient (Wildman–Crippen LogP) is 18.1. The number of carbonyl (C=O) groups excluding carboxylic acids is 1. The lowest BCUT2D eigenvalue weighted by Crippen LogP contribution is -2.45. The van der Waals surface area contributed by atoms with Crippen molar-refractivity contribution in [2.75, 3.05) is 40.9 Å². The van der Waals surface area contributed by atoms with Crippen molar-refractivity contribution in [2.24, 2.45) is 0 Å². The molecule has 3 unspecified atom stereocenters. The van der Waals surface area contributed by atoms with Crippen LogP contribution in [0.5, 0.6) is 0 Å². The fourth-order valence-corrected chi connectivity index (χ4v) is 10.1. The van der Waals surface area contributed by atoms with E-state index in [2.05, 4.69) is 31.3 Å². The molecule has 70 heavy (non-hydrogen) atoms. The Kier molecular flexibility index (Phi) is 52.1. The van der Waals surface area contributed by atoms with Crippen molar-refractivity contribution in [3.63, 3.8) is 0 Å². The summed E-state index contributed by atoms with van der Waals surface area (Å²) in [5.41, 5.74) is 0. The van der Waals surface area contributed by atoms with Gasteiger partial charge in [0.2, 0.25) is 5.91 Å². The highest BCUT2D eigenvalue weighted by Crippen LogP contribution is 2.38. The number of aliphatic hydroxyl groups is 1. The number of likely N-dealkylation sites (N-methyl/N-ethyl adjacent to an activating group) is 1. The van der Waals surface area contributed by atoms with Crippen molar-refractivity contribution in [3.8, 4) is 0 Å². The zero-order valence-electron chi connectivity index (χ0n) is 47.5. The molecule has 0 rings (SSSR count). The maximum absolute atomic E-state index is 12.9. The lowest BCUT2D eigenvalue weighted by molar-refractivity contribution is -0.870. The second-order valence-corrected chi connectivity index (χ2v) is 23.8. The smallest absolute Gasteiger partial charge is 0.268 e. The van der Waals surface area contributed by atoms with E-state index in [-0.39, 0.29) is 19.1 Å². The van der Waals surface area contributed by atoms with Crippen LogP contribution in [0.15, 0.2) is 24.3 Å². The van der Waals surface area contributed by atoms with E-state index in [0.29, 0.717) is 17.4 Å². The number of phosphoric acid groups is 1. The van der Waals surface area contributed by atoms with Gasteiger partial charge in [-0.2, -0.15) is 0 Å². The van der Waals surface area contributed by atoms with Gasteiger partial charge in [-0.25, -0.2) is 0 Å². The van der Waals surface area contributed by atoms with E-state index >= 15 is 0 Å². The standard InChI is InChI=1S/C61H121N2O6P/c1-6-8-10-12-14-16-17-18-19-20-21-22-23-24-25-26-27-28-29-30-31-32-33-34-35-36-37-38-39-40-41-42-43-44-45-46-47-49-51-53-55-61(65)62-59(58-69-70(66,67)68-57-56-63(3,4)5)60(64)54-52-50-48-15-13-11-9-7-2/h13,15,52,54,59-60,64H,6-12,14,16-51,53,55-58H2,1-5H3,(H-,62,65,66,67)/b15-13+,54-52+. The van der Waals surface area contributed by atoms with Crippen LogP contribution in [0.4, 0.5) is 0 Å². The Hall–Kier alpha value is -1.02. The first-order valence-electron chi connectivity index (χ1n) is 30.7. The van der Waals surface area contributed by atoms with Gasteiger partial charge in [0.05, 0.1) is 39.9 Å². The van der Waals surface area contributed by atoms with Gasteiger partial charge in [0.1, 0.15) is 13.2 Å². The number of aliphatic hydroxyl groups excluding tert-OH is 1. The zero-order chi connectivity index (χ0) is 51.3. The van der Waals surface area contributed by atoms with Crippen molar-refractivity contribution in [1.82, 2.24) is 5.32 Å². The molecule has 0 radical (unpaired) electrons. The zero-order valence-corrected chi connectivity index (χ0v) is 48.4. The van der Waals surface area contributed by atoms with Gasteiger partial charge >= 0.3 is 0 Å². The van der Waals surface area contributed by atoms with Gasteiger partial charge in [-0.1, -0.05) is 301 Å². The molecule has 0 aromatic carbocycles. The molecule has 0 heterocycles. The topological polar surface area (TPSA) is 108 Å². The van der Waals surface area contributed by atoms with E-state index in [9.17, 15) is 19.4 Å². The summed E-state index contributed by atoms with van der Waals surface area (Å²) in [6.45, 7) is 4.58. The van der Waals surface area contributed by atoms with Crippen molar-refractivity contribution < 1.29 is 32.9 Å². The molecule has 3 atom stereocenters. The largest absolute Gasteiger partial charge is 0.756 e. The van der Waals surface area contributed by atoms with Gasteiger partial charge in [-0.3, -0.25) is 9.36 Å². The number of carbonyl (C=O) groups is 1. The number of quaternary nitrogens is 1. The van der Waals surface area contributed by atoms with Crippen molar-refractivity contribution in [3.05, 3.63) is 24.3 Å². The molecule has 0 bridgehead atoms. The molecule has 0 aliphatic carbocycles. The van der Waals surface area contributed by atoms with Gasteiger partial charge in [-0.05, 0) is 25.7 Å². The first-order valence-corrected chi connectivity index (χ1v) is 32.2. The predicted molar refractivity (Wildman–Crippen MR) is 302 cm³/mol. The molecule has 1 amide bonds. The average molecular weight is 1010 g/mol. The fraction of sp³-hybridized carbons (Fsp3) is 0.918. The van der Waals surface area contributed by atoms with Crippen LogP contribution in [0.2, 0.25) is 0 Å². The van der Waals surface area contributed by atoms with Crippen LogP contribution in [0.1, 0.15) is 309 Å². The molecular weight excluding hydrogens is 888 g/mol. The first kappa shape index (κ1) is 69.0.